The van der Waals surface area contributed by atoms with Crippen LogP contribution in [0, 0.1) is 5.92 Å². The fourth-order valence-electron chi connectivity index (χ4n) is 5.58. The Hall–Kier alpha value is -0.530. The maximum atomic E-state index is 12.5. The van der Waals surface area contributed by atoms with Crippen molar-refractivity contribution in [3.8, 4) is 0 Å². The highest BCUT2D eigenvalue weighted by molar-refractivity contribution is 5.69. The molecule has 228 valence electrons. The predicted molar refractivity (Wildman–Crippen MR) is 170 cm³/mol. The number of carbonyl (C=O) groups is 1. The number of hydrogen-bond acceptors (Lipinski definition) is 2. The van der Waals surface area contributed by atoms with Gasteiger partial charge in [0.25, 0.3) is 0 Å². The van der Waals surface area contributed by atoms with E-state index < -0.39 is 0 Å². The molecule has 0 bridgehead atoms. The molecule has 0 saturated carbocycles. The minimum atomic E-state index is 0.0662. The van der Waals surface area contributed by atoms with Crippen molar-refractivity contribution in [2.24, 2.45) is 5.92 Å². The van der Waals surface area contributed by atoms with Gasteiger partial charge in [0.05, 0.1) is 0 Å². The van der Waals surface area contributed by atoms with Gasteiger partial charge in [-0.15, -0.1) is 0 Å². The molecule has 0 N–H and O–H groups in total. The van der Waals surface area contributed by atoms with Crippen LogP contribution in [0.5, 0.6) is 0 Å². The summed E-state index contributed by atoms with van der Waals surface area (Å²) in [4.78, 5) is 12.5. The summed E-state index contributed by atoms with van der Waals surface area (Å²) in [5, 5.41) is 0. The Morgan fingerprint density at radius 2 is 0.763 bits per heavy atom. The van der Waals surface area contributed by atoms with Crippen LogP contribution in [-0.4, -0.2) is 12.1 Å². The van der Waals surface area contributed by atoms with Gasteiger partial charge in [0.15, 0.2) is 0 Å². The van der Waals surface area contributed by atoms with Gasteiger partial charge < -0.3 is 4.74 Å². The average molecular weight is 537 g/mol. The van der Waals surface area contributed by atoms with Crippen LogP contribution in [0.15, 0.2) is 0 Å². The Bertz CT molecular complexity index is 458. The second-order valence-electron chi connectivity index (χ2n) is 12.8. The van der Waals surface area contributed by atoms with E-state index in [0.29, 0.717) is 6.42 Å². The molecule has 0 aliphatic rings. The van der Waals surface area contributed by atoms with E-state index in [1.54, 1.807) is 0 Å². The normalized spacial score (nSPS) is 12.3. The first-order chi connectivity index (χ1) is 18.6. The van der Waals surface area contributed by atoms with Crippen molar-refractivity contribution in [3.63, 3.8) is 0 Å². The van der Waals surface area contributed by atoms with E-state index in [1.807, 2.05) is 0 Å². The van der Waals surface area contributed by atoms with Crippen LogP contribution in [0.4, 0.5) is 0 Å². The minimum Gasteiger partial charge on any atom is -0.462 e. The zero-order valence-electron chi connectivity index (χ0n) is 27.0. The van der Waals surface area contributed by atoms with Gasteiger partial charge >= 0.3 is 5.97 Å². The highest BCUT2D eigenvalue weighted by atomic mass is 16.5. The predicted octanol–water partition coefficient (Wildman–Crippen LogP) is 12.9. The number of unbranched alkanes of at least 4 members (excludes halogenated alkanes) is 22. The Morgan fingerprint density at radius 1 is 0.447 bits per heavy atom. The highest BCUT2D eigenvalue weighted by Gasteiger charge is 2.14. The molecule has 2 heteroatoms. The monoisotopic (exact) mass is 537 g/mol. The number of hydrogen-bond donors (Lipinski definition) is 0. The van der Waals surface area contributed by atoms with Crippen LogP contribution in [0.3, 0.4) is 0 Å². The van der Waals surface area contributed by atoms with Crippen molar-refractivity contribution in [2.45, 2.75) is 220 Å². The molecule has 0 aromatic rings. The van der Waals surface area contributed by atoms with E-state index in [9.17, 15) is 4.79 Å². The fourth-order valence-corrected chi connectivity index (χ4v) is 5.58. The first kappa shape index (κ1) is 37.5. The van der Waals surface area contributed by atoms with Crippen LogP contribution in [0.2, 0.25) is 0 Å². The van der Waals surface area contributed by atoms with E-state index in [2.05, 4.69) is 27.7 Å². The summed E-state index contributed by atoms with van der Waals surface area (Å²) in [6.07, 6.45) is 37.7. The molecule has 0 spiro atoms. The SMILES string of the molecule is CCCCCCCCCCC(CCCCCCC)OC(=O)CCCCCCCCCCCCCCC(C)C. The summed E-state index contributed by atoms with van der Waals surface area (Å²) in [6.45, 7) is 9.21. The molecule has 1 atom stereocenters. The first-order valence-corrected chi connectivity index (χ1v) is 17.8. The maximum absolute atomic E-state index is 12.5. The van der Waals surface area contributed by atoms with Crippen molar-refractivity contribution in [2.75, 3.05) is 0 Å². The lowest BCUT2D eigenvalue weighted by atomic mass is 10.0. The second kappa shape index (κ2) is 31.0. The van der Waals surface area contributed by atoms with E-state index in [4.69, 9.17) is 4.74 Å². The summed E-state index contributed by atoms with van der Waals surface area (Å²) in [5.74, 6) is 0.934. The van der Waals surface area contributed by atoms with Crippen molar-refractivity contribution in [1.82, 2.24) is 0 Å². The molecular formula is C36H72O2. The quantitative estimate of drug-likeness (QED) is 0.0650. The topological polar surface area (TPSA) is 26.3 Å². The molecule has 38 heavy (non-hydrogen) atoms. The Balaban J connectivity index is 3.80. The van der Waals surface area contributed by atoms with Gasteiger partial charge in [-0.2, -0.15) is 0 Å². The molecular weight excluding hydrogens is 464 g/mol. The Kier molecular flexibility index (Phi) is 30.6. The van der Waals surface area contributed by atoms with Crippen molar-refractivity contribution in [1.29, 1.82) is 0 Å². The van der Waals surface area contributed by atoms with Gasteiger partial charge in [-0.05, 0) is 38.0 Å². The second-order valence-corrected chi connectivity index (χ2v) is 12.8. The lowest BCUT2D eigenvalue weighted by molar-refractivity contribution is -0.150. The molecule has 0 amide bonds. The number of ether oxygens (including phenoxy) is 1. The molecule has 0 aromatic heterocycles. The molecule has 0 heterocycles. The molecule has 1 unspecified atom stereocenters. The van der Waals surface area contributed by atoms with E-state index >= 15 is 0 Å². The van der Waals surface area contributed by atoms with Crippen molar-refractivity contribution < 1.29 is 9.53 Å². The standard InChI is InChI=1S/C36H72O2/c1-5-7-9-11-12-20-24-28-32-35(31-27-22-10-8-6-2)38-36(37)33-29-25-21-18-16-14-13-15-17-19-23-26-30-34(3)4/h34-35H,5-33H2,1-4H3. The third kappa shape index (κ3) is 30.0. The van der Waals surface area contributed by atoms with Gasteiger partial charge in [-0.25, -0.2) is 0 Å². The smallest absolute Gasteiger partial charge is 0.306 e. The number of carbonyl (C=O) groups excluding carboxylic acids is 1. The van der Waals surface area contributed by atoms with Crippen molar-refractivity contribution in [3.05, 3.63) is 0 Å². The van der Waals surface area contributed by atoms with Gasteiger partial charge in [-0.1, -0.05) is 175 Å². The highest BCUT2D eigenvalue weighted by Crippen LogP contribution is 2.19. The van der Waals surface area contributed by atoms with E-state index in [-0.39, 0.29) is 12.1 Å². The van der Waals surface area contributed by atoms with Crippen LogP contribution < -0.4 is 0 Å². The molecule has 0 fully saturated rings. The Morgan fingerprint density at radius 3 is 1.13 bits per heavy atom. The minimum absolute atomic E-state index is 0.0662. The Labute approximate surface area is 241 Å². The molecule has 0 radical (unpaired) electrons. The zero-order valence-corrected chi connectivity index (χ0v) is 27.0. The summed E-state index contributed by atoms with van der Waals surface area (Å²) in [7, 11) is 0. The van der Waals surface area contributed by atoms with Crippen LogP contribution in [-0.2, 0) is 9.53 Å². The van der Waals surface area contributed by atoms with Crippen LogP contribution in [0.1, 0.15) is 214 Å². The summed E-state index contributed by atoms with van der Waals surface area (Å²) in [5.41, 5.74) is 0. The third-order valence-electron chi connectivity index (χ3n) is 8.22. The van der Waals surface area contributed by atoms with Gasteiger partial charge in [0.2, 0.25) is 0 Å². The number of rotatable bonds is 31. The van der Waals surface area contributed by atoms with Crippen molar-refractivity contribution >= 4 is 5.97 Å². The van der Waals surface area contributed by atoms with Crippen LogP contribution in [0.25, 0.3) is 0 Å². The molecule has 0 aromatic carbocycles. The molecule has 2 nitrogen and oxygen atoms in total. The van der Waals surface area contributed by atoms with Crippen LogP contribution >= 0.6 is 0 Å². The zero-order chi connectivity index (χ0) is 27.9. The lowest BCUT2D eigenvalue weighted by Crippen LogP contribution is -2.18. The summed E-state index contributed by atoms with van der Waals surface area (Å²) >= 11 is 0. The summed E-state index contributed by atoms with van der Waals surface area (Å²) in [6, 6.07) is 0. The van der Waals surface area contributed by atoms with E-state index in [0.717, 1.165) is 25.2 Å². The lowest BCUT2D eigenvalue weighted by Gasteiger charge is -2.18. The molecule has 0 aliphatic heterocycles. The molecule has 0 saturated heterocycles. The van der Waals surface area contributed by atoms with Gasteiger partial charge in [0, 0.05) is 6.42 Å². The number of esters is 1. The van der Waals surface area contributed by atoms with Gasteiger partial charge in [0.1, 0.15) is 6.10 Å². The third-order valence-corrected chi connectivity index (χ3v) is 8.22. The average Bonchev–Trinajstić information content (AvgIpc) is 2.89. The first-order valence-electron chi connectivity index (χ1n) is 17.8. The van der Waals surface area contributed by atoms with E-state index in [1.165, 1.54) is 161 Å². The summed E-state index contributed by atoms with van der Waals surface area (Å²) < 4.78 is 6.00. The largest absolute Gasteiger partial charge is 0.462 e. The fraction of sp³-hybridized carbons (Fsp3) is 0.972. The maximum Gasteiger partial charge on any atom is 0.306 e. The van der Waals surface area contributed by atoms with Gasteiger partial charge in [-0.3, -0.25) is 4.79 Å². The molecule has 0 rings (SSSR count). The molecule has 0 aliphatic carbocycles.